The molecule has 0 unspecified atom stereocenters. The number of unbranched alkanes of at least 4 members (excludes halogenated alkanes) is 2. The van der Waals surface area contributed by atoms with Gasteiger partial charge in [-0.2, -0.15) is 0 Å². The van der Waals surface area contributed by atoms with Crippen molar-refractivity contribution in [1.82, 2.24) is 29.3 Å². The topological polar surface area (TPSA) is 64.3 Å². The molecule has 0 bridgehead atoms. The fourth-order valence-corrected chi connectivity index (χ4v) is 4.33. The van der Waals surface area contributed by atoms with E-state index in [0.29, 0.717) is 0 Å². The summed E-state index contributed by atoms with van der Waals surface area (Å²) >= 11 is 2.38. The normalized spacial score (nSPS) is 11.4. The summed E-state index contributed by atoms with van der Waals surface area (Å²) in [6.07, 6.45) is 7.96. The number of hydrogen-bond donors (Lipinski definition) is 1. The van der Waals surface area contributed by atoms with Crippen LogP contribution in [0.25, 0.3) is 17.0 Å². The molecule has 27 heavy (non-hydrogen) atoms. The minimum absolute atomic E-state index is 0.903. The number of imidazole rings is 1. The van der Waals surface area contributed by atoms with Gasteiger partial charge in [0.2, 0.25) is 0 Å². The SMILES string of the molecule is Cc1cc(CCCCCn2[c](=[Pt])n(-c3ccccc3)c3nccnc32)n[nH]1. The number of rotatable bonds is 7. The van der Waals surface area contributed by atoms with E-state index in [1.165, 1.54) is 0 Å². The van der Waals surface area contributed by atoms with Gasteiger partial charge < -0.3 is 0 Å². The van der Waals surface area contributed by atoms with Crippen molar-refractivity contribution in [3.05, 3.63) is 64.0 Å². The molecule has 6 nitrogen and oxygen atoms in total. The van der Waals surface area contributed by atoms with Gasteiger partial charge in [-0.1, -0.05) is 0 Å². The molecule has 0 radical (unpaired) electrons. The first-order valence-electron chi connectivity index (χ1n) is 9.18. The second-order valence-electron chi connectivity index (χ2n) is 6.62. The summed E-state index contributed by atoms with van der Waals surface area (Å²) in [5.41, 5.74) is 5.24. The number of fused-ring (bicyclic) bond motifs is 1. The first-order chi connectivity index (χ1) is 13.2. The van der Waals surface area contributed by atoms with Gasteiger partial charge in [-0.15, -0.1) is 0 Å². The van der Waals surface area contributed by atoms with Crippen molar-refractivity contribution in [2.45, 2.75) is 39.2 Å². The Morgan fingerprint density at radius 2 is 1.78 bits per heavy atom. The van der Waals surface area contributed by atoms with Crippen LogP contribution in [-0.2, 0) is 32.3 Å². The van der Waals surface area contributed by atoms with Gasteiger partial charge in [0.25, 0.3) is 0 Å². The van der Waals surface area contributed by atoms with Crippen LogP contribution in [0.1, 0.15) is 30.7 Å². The molecule has 0 atom stereocenters. The zero-order valence-electron chi connectivity index (χ0n) is 15.2. The molecule has 0 aliphatic heterocycles. The number of aromatic nitrogens is 6. The second kappa shape index (κ2) is 8.13. The molecule has 0 amide bonds. The standard InChI is InChI=1S/C20H22N6.Pt/c1-16-14-17(24-23-16)8-4-3-7-13-25-15-26(18-9-5-2-6-10-18)20-19(25)21-11-12-22-20;/h2,5-6,9-12,14H,3-4,7-8,13H2,1H3,(H,23,24);. The van der Waals surface area contributed by atoms with Crippen LogP contribution in [0, 0.1) is 10.7 Å². The number of aromatic amines is 1. The van der Waals surface area contributed by atoms with E-state index in [1.807, 2.05) is 13.0 Å². The maximum atomic E-state index is 4.60. The molecule has 1 aromatic carbocycles. The van der Waals surface area contributed by atoms with Gasteiger partial charge in [0, 0.05) is 0 Å². The molecule has 0 fully saturated rings. The predicted octanol–water partition coefficient (Wildman–Crippen LogP) is 3.75. The summed E-state index contributed by atoms with van der Waals surface area (Å²) in [6.45, 7) is 2.98. The van der Waals surface area contributed by atoms with Crippen LogP contribution in [0.4, 0.5) is 0 Å². The Morgan fingerprint density at radius 3 is 2.52 bits per heavy atom. The van der Waals surface area contributed by atoms with Crippen molar-refractivity contribution in [3.8, 4) is 5.69 Å². The summed E-state index contributed by atoms with van der Waals surface area (Å²) in [6, 6.07) is 12.5. The predicted molar refractivity (Wildman–Crippen MR) is 101 cm³/mol. The van der Waals surface area contributed by atoms with Crippen molar-refractivity contribution >= 4 is 11.3 Å². The van der Waals surface area contributed by atoms with Gasteiger partial charge in [-0.3, -0.25) is 0 Å². The van der Waals surface area contributed by atoms with Gasteiger partial charge in [0.1, 0.15) is 0 Å². The fraction of sp³-hybridized carbons (Fsp3) is 0.300. The number of benzene rings is 1. The van der Waals surface area contributed by atoms with Crippen molar-refractivity contribution in [1.29, 1.82) is 0 Å². The Kier molecular flexibility index (Phi) is 5.44. The van der Waals surface area contributed by atoms with Crippen molar-refractivity contribution in [2.75, 3.05) is 0 Å². The molecule has 0 saturated carbocycles. The minimum atomic E-state index is 0.903. The fourth-order valence-electron chi connectivity index (χ4n) is 3.30. The maximum absolute atomic E-state index is 4.60. The quantitative estimate of drug-likeness (QED) is 0.363. The molecule has 3 heterocycles. The van der Waals surface area contributed by atoms with Crippen LogP contribution in [0.5, 0.6) is 0 Å². The average Bonchev–Trinajstić information content (AvgIpc) is 3.23. The first-order valence-corrected chi connectivity index (χ1v) is 10.3. The second-order valence-corrected chi connectivity index (χ2v) is 7.64. The molecule has 0 aliphatic carbocycles. The van der Waals surface area contributed by atoms with Crippen LogP contribution < -0.4 is 0 Å². The van der Waals surface area contributed by atoms with E-state index >= 15 is 0 Å². The molecule has 1 N–H and O–H groups in total. The molecule has 142 valence electrons. The van der Waals surface area contributed by atoms with Crippen LogP contribution in [0.2, 0.25) is 0 Å². The van der Waals surface area contributed by atoms with Crippen molar-refractivity contribution < 1.29 is 19.4 Å². The third kappa shape index (κ3) is 3.86. The number of H-pyrrole nitrogens is 1. The zero-order valence-corrected chi connectivity index (χ0v) is 17.5. The van der Waals surface area contributed by atoms with Gasteiger partial charge in [0.15, 0.2) is 0 Å². The summed E-state index contributed by atoms with van der Waals surface area (Å²) in [5, 5.41) is 7.32. The molecule has 0 spiro atoms. The van der Waals surface area contributed by atoms with E-state index in [0.717, 1.165) is 64.4 Å². The van der Waals surface area contributed by atoms with E-state index in [9.17, 15) is 0 Å². The number of nitrogens with one attached hydrogen (secondary N) is 1. The Labute approximate surface area is 168 Å². The van der Waals surface area contributed by atoms with Gasteiger partial charge in [0.05, 0.1) is 0 Å². The third-order valence-electron chi connectivity index (χ3n) is 4.59. The van der Waals surface area contributed by atoms with E-state index < -0.39 is 0 Å². The summed E-state index contributed by atoms with van der Waals surface area (Å²) in [7, 11) is 0. The van der Waals surface area contributed by atoms with E-state index in [2.05, 4.69) is 79.0 Å². The molecular weight excluding hydrogens is 519 g/mol. The number of aryl methyl sites for hydroxylation is 3. The van der Waals surface area contributed by atoms with Crippen LogP contribution in [0.3, 0.4) is 0 Å². The van der Waals surface area contributed by atoms with Crippen molar-refractivity contribution in [3.63, 3.8) is 0 Å². The first kappa shape index (κ1) is 18.1. The Balaban J connectivity index is 1.50. The molecule has 4 rings (SSSR count). The monoisotopic (exact) mass is 541 g/mol. The van der Waals surface area contributed by atoms with Gasteiger partial charge in [-0.05, 0) is 0 Å². The molecule has 0 saturated heterocycles. The molecule has 4 aromatic rings. The number of para-hydroxylation sites is 1. The van der Waals surface area contributed by atoms with E-state index in [1.54, 1.807) is 12.4 Å². The van der Waals surface area contributed by atoms with Crippen LogP contribution >= 0.6 is 0 Å². The Morgan fingerprint density at radius 1 is 1.00 bits per heavy atom. The molecule has 0 aliphatic rings. The summed E-state index contributed by atoms with van der Waals surface area (Å²) in [4.78, 5) is 9.19. The average molecular weight is 542 g/mol. The van der Waals surface area contributed by atoms with Gasteiger partial charge >= 0.3 is 169 Å². The Hall–Kier alpha value is -2.33. The van der Waals surface area contributed by atoms with Crippen molar-refractivity contribution in [2.24, 2.45) is 0 Å². The number of nitrogens with zero attached hydrogens (tertiary/aromatic N) is 5. The van der Waals surface area contributed by atoms with Crippen LogP contribution in [-0.4, -0.2) is 29.3 Å². The number of hydrogen-bond acceptors (Lipinski definition) is 3. The third-order valence-corrected chi connectivity index (χ3v) is 5.71. The molecule has 7 heteroatoms. The molecule has 3 aromatic heterocycles. The zero-order chi connectivity index (χ0) is 18.6. The van der Waals surface area contributed by atoms with Crippen LogP contribution in [0.15, 0.2) is 48.8 Å². The molecular formula is C20H22N6Pt. The summed E-state index contributed by atoms with van der Waals surface area (Å²) < 4.78 is 5.58. The van der Waals surface area contributed by atoms with E-state index in [4.69, 9.17) is 0 Å². The Bertz CT molecular complexity index is 1090. The van der Waals surface area contributed by atoms with Gasteiger partial charge in [-0.25, -0.2) is 0 Å². The summed E-state index contributed by atoms with van der Waals surface area (Å²) in [5.74, 6) is 0. The van der Waals surface area contributed by atoms with E-state index in [-0.39, 0.29) is 0 Å².